The lowest BCUT2D eigenvalue weighted by atomic mass is 9.71. The van der Waals surface area contributed by atoms with Crippen LogP contribution in [-0.4, -0.2) is 68.6 Å². The van der Waals surface area contributed by atoms with Crippen molar-refractivity contribution in [2.45, 2.75) is 26.8 Å². The maximum absolute atomic E-state index is 13.1. The second-order valence-electron chi connectivity index (χ2n) is 10.3. The molecule has 3 aliphatic rings. The number of rotatable bonds is 5. The van der Waals surface area contributed by atoms with Crippen molar-refractivity contribution in [2.75, 3.05) is 26.2 Å². The predicted molar refractivity (Wildman–Crippen MR) is 116 cm³/mol. The Bertz CT molecular complexity index is 1070. The van der Waals surface area contributed by atoms with Crippen LogP contribution >= 0.6 is 0 Å². The molecule has 168 valence electrons. The predicted octanol–water partition coefficient (Wildman–Crippen LogP) is 1.96. The number of benzene rings is 1. The van der Waals surface area contributed by atoms with Gasteiger partial charge in [-0.2, -0.15) is 5.10 Å². The molecular formula is C24H28N4O4. The van der Waals surface area contributed by atoms with Crippen molar-refractivity contribution < 1.29 is 19.5 Å². The Labute approximate surface area is 186 Å². The summed E-state index contributed by atoms with van der Waals surface area (Å²) in [5.41, 5.74) is 1.02. The fraction of sp³-hybridized carbons (Fsp3) is 0.500. The van der Waals surface area contributed by atoms with E-state index in [2.05, 4.69) is 18.9 Å². The quantitative estimate of drug-likeness (QED) is 0.773. The van der Waals surface area contributed by atoms with Crippen LogP contribution < -0.4 is 0 Å². The van der Waals surface area contributed by atoms with Crippen LogP contribution in [0, 0.1) is 22.7 Å². The Morgan fingerprint density at radius 1 is 1.06 bits per heavy atom. The lowest BCUT2D eigenvalue weighted by molar-refractivity contribution is -0.158. The van der Waals surface area contributed by atoms with Crippen LogP contribution in [0.1, 0.15) is 36.2 Å². The van der Waals surface area contributed by atoms with Gasteiger partial charge < -0.3 is 14.9 Å². The summed E-state index contributed by atoms with van der Waals surface area (Å²) in [5.74, 6) is -1.61. The molecule has 1 saturated carbocycles. The molecule has 1 unspecified atom stereocenters. The molecule has 8 heteroatoms. The molecule has 1 N–H and O–H groups in total. The number of carbonyl (C=O) groups is 3. The van der Waals surface area contributed by atoms with Crippen LogP contribution in [-0.2, 0) is 16.1 Å². The molecule has 5 rings (SSSR count). The van der Waals surface area contributed by atoms with Crippen molar-refractivity contribution in [3.05, 3.63) is 53.9 Å². The highest BCUT2D eigenvalue weighted by Gasteiger charge is 2.62. The summed E-state index contributed by atoms with van der Waals surface area (Å²) in [6, 6.07) is 9.85. The molecule has 0 radical (unpaired) electrons. The van der Waals surface area contributed by atoms with E-state index in [4.69, 9.17) is 0 Å². The number of hydrogen-bond donors (Lipinski definition) is 1. The third-order valence-corrected chi connectivity index (χ3v) is 7.44. The van der Waals surface area contributed by atoms with E-state index in [9.17, 15) is 19.5 Å². The van der Waals surface area contributed by atoms with Gasteiger partial charge in [0.1, 0.15) is 0 Å². The number of likely N-dealkylation sites (tertiary alicyclic amines) is 2. The van der Waals surface area contributed by atoms with Crippen molar-refractivity contribution in [3.8, 4) is 0 Å². The third-order valence-electron chi connectivity index (χ3n) is 7.44. The summed E-state index contributed by atoms with van der Waals surface area (Å²) >= 11 is 0. The minimum atomic E-state index is -0.904. The van der Waals surface area contributed by atoms with Gasteiger partial charge in [0.05, 0.1) is 24.2 Å². The van der Waals surface area contributed by atoms with Crippen molar-refractivity contribution in [1.82, 2.24) is 19.6 Å². The molecule has 0 bridgehead atoms. The van der Waals surface area contributed by atoms with E-state index in [1.54, 1.807) is 20.7 Å². The van der Waals surface area contributed by atoms with Crippen molar-refractivity contribution in [1.29, 1.82) is 0 Å². The van der Waals surface area contributed by atoms with E-state index in [0.29, 0.717) is 31.7 Å². The van der Waals surface area contributed by atoms with Crippen LogP contribution in [0.15, 0.2) is 42.7 Å². The van der Waals surface area contributed by atoms with Gasteiger partial charge in [0.2, 0.25) is 5.91 Å². The summed E-state index contributed by atoms with van der Waals surface area (Å²) in [6.07, 6.45) is 4.13. The zero-order valence-corrected chi connectivity index (χ0v) is 18.4. The number of carbonyl (C=O) groups excluding carboxylic acids is 2. The fourth-order valence-electron chi connectivity index (χ4n) is 5.28. The van der Waals surface area contributed by atoms with E-state index < -0.39 is 17.3 Å². The Kier molecular flexibility index (Phi) is 4.65. The standard InChI is InChI=1S/C24H28N4O4/c1-23(2)8-18(23)21(30)27-14-24(15-27)13-26(12-19(24)22(31)32)20(29)17-9-25-28(11-17)10-16-6-4-3-5-7-16/h3-7,9,11,18-19H,8,10,12-15H2,1-2H3,(H,31,32)/t18?,19-/m0/s1. The van der Waals surface area contributed by atoms with E-state index in [0.717, 1.165) is 12.0 Å². The molecule has 1 aromatic carbocycles. The highest BCUT2D eigenvalue weighted by atomic mass is 16.4. The summed E-state index contributed by atoms with van der Waals surface area (Å²) in [5, 5.41) is 14.1. The average molecular weight is 437 g/mol. The normalized spacial score (nSPS) is 24.9. The lowest BCUT2D eigenvalue weighted by Gasteiger charge is -2.50. The van der Waals surface area contributed by atoms with Crippen molar-refractivity contribution in [2.24, 2.45) is 22.7 Å². The molecule has 2 atom stereocenters. The maximum Gasteiger partial charge on any atom is 0.309 e. The number of carboxylic acids is 1. The molecular weight excluding hydrogens is 408 g/mol. The summed E-state index contributed by atoms with van der Waals surface area (Å²) in [7, 11) is 0. The Morgan fingerprint density at radius 2 is 1.72 bits per heavy atom. The van der Waals surface area contributed by atoms with Gasteiger partial charge in [-0.05, 0) is 17.4 Å². The van der Waals surface area contributed by atoms with Gasteiger partial charge in [0.25, 0.3) is 5.91 Å². The van der Waals surface area contributed by atoms with Crippen molar-refractivity contribution in [3.63, 3.8) is 0 Å². The lowest BCUT2D eigenvalue weighted by Crippen LogP contribution is -2.63. The Morgan fingerprint density at radius 3 is 2.34 bits per heavy atom. The zero-order chi connectivity index (χ0) is 22.7. The molecule has 1 spiro atoms. The van der Waals surface area contributed by atoms with Gasteiger partial charge in [0.15, 0.2) is 0 Å². The van der Waals surface area contributed by atoms with E-state index in [-0.39, 0.29) is 29.7 Å². The minimum absolute atomic E-state index is 0.0396. The molecule has 8 nitrogen and oxygen atoms in total. The molecule has 1 aliphatic carbocycles. The first-order valence-corrected chi connectivity index (χ1v) is 11.1. The smallest absolute Gasteiger partial charge is 0.309 e. The topological polar surface area (TPSA) is 95.7 Å². The third kappa shape index (κ3) is 3.47. The van der Waals surface area contributed by atoms with Crippen LogP contribution in [0.3, 0.4) is 0 Å². The number of nitrogens with zero attached hydrogens (tertiary/aromatic N) is 4. The number of aromatic nitrogens is 2. The Balaban J connectivity index is 1.26. The van der Waals surface area contributed by atoms with Crippen LogP contribution in [0.5, 0.6) is 0 Å². The molecule has 32 heavy (non-hydrogen) atoms. The molecule has 2 aromatic rings. The van der Waals surface area contributed by atoms with Gasteiger partial charge >= 0.3 is 5.97 Å². The minimum Gasteiger partial charge on any atom is -0.481 e. The molecule has 1 aromatic heterocycles. The zero-order valence-electron chi connectivity index (χ0n) is 18.4. The molecule has 2 amide bonds. The monoisotopic (exact) mass is 436 g/mol. The molecule has 3 heterocycles. The van der Waals surface area contributed by atoms with E-state index in [1.807, 2.05) is 30.3 Å². The van der Waals surface area contributed by atoms with Crippen LogP contribution in [0.2, 0.25) is 0 Å². The van der Waals surface area contributed by atoms with E-state index in [1.165, 1.54) is 6.20 Å². The van der Waals surface area contributed by atoms with E-state index >= 15 is 0 Å². The summed E-state index contributed by atoms with van der Waals surface area (Å²) < 4.78 is 1.71. The SMILES string of the molecule is CC1(C)CC1C(=O)N1CC2(CN(C(=O)c3cnn(Cc4ccccc4)c3)C[C@H]2C(=O)O)C1. The fourth-order valence-corrected chi connectivity index (χ4v) is 5.28. The molecule has 2 saturated heterocycles. The first-order chi connectivity index (χ1) is 15.2. The Hall–Kier alpha value is -3.16. The number of amides is 2. The van der Waals surface area contributed by atoms with Crippen LogP contribution in [0.25, 0.3) is 0 Å². The van der Waals surface area contributed by atoms with Gasteiger partial charge in [0, 0.05) is 43.7 Å². The first kappa shape index (κ1) is 20.7. The highest BCUT2D eigenvalue weighted by Crippen LogP contribution is 2.54. The second kappa shape index (κ2) is 7.18. The molecule has 2 aliphatic heterocycles. The van der Waals surface area contributed by atoms with Gasteiger partial charge in [-0.1, -0.05) is 44.2 Å². The number of carboxylic acid groups (broad SMARTS) is 1. The summed E-state index contributed by atoms with van der Waals surface area (Å²) in [4.78, 5) is 41.2. The average Bonchev–Trinajstić information content (AvgIpc) is 3.10. The summed E-state index contributed by atoms with van der Waals surface area (Å²) in [6.45, 7) is 6.06. The van der Waals surface area contributed by atoms with Crippen molar-refractivity contribution >= 4 is 17.8 Å². The molecule has 3 fully saturated rings. The first-order valence-electron chi connectivity index (χ1n) is 11.1. The number of aliphatic carboxylic acids is 1. The second-order valence-corrected chi connectivity index (χ2v) is 10.3. The highest BCUT2D eigenvalue weighted by molar-refractivity contribution is 5.94. The van der Waals surface area contributed by atoms with Crippen LogP contribution in [0.4, 0.5) is 0 Å². The maximum atomic E-state index is 13.1. The van der Waals surface area contributed by atoms with Gasteiger partial charge in [-0.15, -0.1) is 0 Å². The largest absolute Gasteiger partial charge is 0.481 e. The van der Waals surface area contributed by atoms with Gasteiger partial charge in [-0.25, -0.2) is 0 Å². The number of hydrogen-bond acceptors (Lipinski definition) is 4. The van der Waals surface area contributed by atoms with Gasteiger partial charge in [-0.3, -0.25) is 19.1 Å².